The van der Waals surface area contributed by atoms with Crippen molar-refractivity contribution in [1.82, 2.24) is 0 Å². The molecule has 0 spiro atoms. The van der Waals surface area contributed by atoms with Crippen molar-refractivity contribution in [3.05, 3.63) is 12.2 Å². The lowest BCUT2D eigenvalue weighted by molar-refractivity contribution is -0.152. The summed E-state index contributed by atoms with van der Waals surface area (Å²) in [7, 11) is 0. The van der Waals surface area contributed by atoms with Gasteiger partial charge in [0.2, 0.25) is 0 Å². The molecule has 1 aliphatic rings. The normalized spacial score (nSPS) is 19.8. The summed E-state index contributed by atoms with van der Waals surface area (Å²) in [5.41, 5.74) is 0. The molecule has 1 saturated carbocycles. The molecule has 9 heteroatoms. The Balaban J connectivity index is 2.01. The second-order valence-electron chi connectivity index (χ2n) is 15.8. The molecule has 1 aliphatic carbocycles. The zero-order chi connectivity index (χ0) is 38.9. The zero-order valence-electron chi connectivity index (χ0n) is 33.9. The monoisotopic (exact) mass is 753 g/mol. The summed E-state index contributed by atoms with van der Waals surface area (Å²) in [6.07, 6.45) is 29.0. The van der Waals surface area contributed by atoms with Crippen LogP contribution >= 0.6 is 0 Å². The molecule has 0 aliphatic heterocycles. The van der Waals surface area contributed by atoms with E-state index in [0.717, 1.165) is 38.5 Å². The van der Waals surface area contributed by atoms with Crippen LogP contribution in [-0.2, 0) is 23.9 Å². The highest BCUT2D eigenvalue weighted by molar-refractivity contribution is 5.79. The van der Waals surface area contributed by atoms with E-state index < -0.39 is 36.3 Å². The molecule has 0 radical (unpaired) electrons. The second-order valence-corrected chi connectivity index (χ2v) is 15.8. The lowest BCUT2D eigenvalue weighted by atomic mass is 9.87. The van der Waals surface area contributed by atoms with Crippen LogP contribution in [0.15, 0.2) is 12.2 Å². The van der Waals surface area contributed by atoms with Gasteiger partial charge in [0.05, 0.1) is 18.3 Å². The molecule has 4 N–H and O–H groups in total. The topological polar surface area (TPSA) is 151 Å². The minimum Gasteiger partial charge on any atom is -0.463 e. The molecule has 0 saturated heterocycles. The van der Waals surface area contributed by atoms with Crippen LogP contribution in [0.5, 0.6) is 0 Å². The predicted octanol–water partition coefficient (Wildman–Crippen LogP) is 9.24. The van der Waals surface area contributed by atoms with E-state index >= 15 is 0 Å². The van der Waals surface area contributed by atoms with Gasteiger partial charge < -0.3 is 29.9 Å². The number of rotatable bonds is 36. The summed E-state index contributed by atoms with van der Waals surface area (Å²) in [5.74, 6) is -1.66. The highest BCUT2D eigenvalue weighted by Gasteiger charge is 2.41. The van der Waals surface area contributed by atoms with E-state index in [0.29, 0.717) is 25.7 Å². The van der Waals surface area contributed by atoms with Crippen molar-refractivity contribution in [1.29, 1.82) is 0 Å². The molecule has 9 nitrogen and oxygen atoms in total. The van der Waals surface area contributed by atoms with Gasteiger partial charge in [-0.15, -0.1) is 0 Å². The first-order chi connectivity index (χ1) is 25.7. The second kappa shape index (κ2) is 33.5. The fourth-order valence-electron chi connectivity index (χ4n) is 7.32. The smallest absolute Gasteiger partial charge is 0.305 e. The van der Waals surface area contributed by atoms with Gasteiger partial charge in [0.15, 0.2) is 0 Å². The van der Waals surface area contributed by atoms with E-state index in [1.807, 2.05) is 0 Å². The van der Waals surface area contributed by atoms with E-state index in [4.69, 9.17) is 9.47 Å². The van der Waals surface area contributed by atoms with Crippen molar-refractivity contribution in [3.8, 4) is 0 Å². The molecule has 6 atom stereocenters. The third-order valence-corrected chi connectivity index (χ3v) is 10.7. The minimum atomic E-state index is -1.09. The summed E-state index contributed by atoms with van der Waals surface area (Å²) in [4.78, 5) is 36.8. The lowest BCUT2D eigenvalue weighted by Gasteiger charge is -2.20. The first kappa shape index (κ1) is 49.2. The van der Waals surface area contributed by atoms with Crippen LogP contribution in [0.25, 0.3) is 0 Å². The van der Waals surface area contributed by atoms with Crippen molar-refractivity contribution in [2.24, 2.45) is 11.8 Å². The third-order valence-electron chi connectivity index (χ3n) is 10.7. The number of carbonyl (C=O) groups is 3. The van der Waals surface area contributed by atoms with Crippen LogP contribution in [0, 0.1) is 11.8 Å². The van der Waals surface area contributed by atoms with Gasteiger partial charge in [-0.25, -0.2) is 0 Å². The molecule has 1 fully saturated rings. The van der Waals surface area contributed by atoms with Gasteiger partial charge in [-0.05, 0) is 25.7 Å². The minimum absolute atomic E-state index is 0.0410. The first-order valence-corrected chi connectivity index (χ1v) is 21.9. The Morgan fingerprint density at radius 1 is 0.585 bits per heavy atom. The maximum Gasteiger partial charge on any atom is 0.305 e. The Morgan fingerprint density at radius 2 is 1.00 bits per heavy atom. The Kier molecular flexibility index (Phi) is 31.1. The molecule has 0 amide bonds. The number of esters is 2. The predicted molar refractivity (Wildman–Crippen MR) is 212 cm³/mol. The van der Waals surface area contributed by atoms with Crippen molar-refractivity contribution >= 4 is 17.7 Å². The van der Waals surface area contributed by atoms with Crippen molar-refractivity contribution in [2.45, 2.75) is 224 Å². The highest BCUT2D eigenvalue weighted by Crippen LogP contribution is 2.36. The van der Waals surface area contributed by atoms with Crippen LogP contribution < -0.4 is 0 Å². The molecule has 0 heterocycles. The third kappa shape index (κ3) is 27.4. The summed E-state index contributed by atoms with van der Waals surface area (Å²) < 4.78 is 10.3. The molecule has 0 unspecified atom stereocenters. The molecule has 0 aromatic rings. The van der Waals surface area contributed by atoms with Gasteiger partial charge in [0, 0.05) is 43.9 Å². The quantitative estimate of drug-likeness (QED) is 0.0279. The number of ether oxygens (including phenoxy) is 2. The van der Waals surface area contributed by atoms with Crippen LogP contribution in [0.2, 0.25) is 0 Å². The van der Waals surface area contributed by atoms with Crippen LogP contribution in [0.1, 0.15) is 200 Å². The Bertz CT molecular complexity index is 938. The van der Waals surface area contributed by atoms with Crippen molar-refractivity contribution < 1.29 is 44.3 Å². The maximum absolute atomic E-state index is 12.7. The first-order valence-electron chi connectivity index (χ1n) is 21.9. The van der Waals surface area contributed by atoms with Gasteiger partial charge in [0.1, 0.15) is 25.1 Å². The molecule has 53 heavy (non-hydrogen) atoms. The number of carbonyl (C=O) groups excluding carboxylic acids is 3. The number of ketones is 1. The molecular formula is C44H80O9. The fourth-order valence-corrected chi connectivity index (χ4v) is 7.32. The number of hydrogen-bond acceptors (Lipinski definition) is 9. The van der Waals surface area contributed by atoms with E-state index in [1.54, 1.807) is 12.2 Å². The van der Waals surface area contributed by atoms with E-state index in [9.17, 15) is 34.8 Å². The molecular weight excluding hydrogens is 672 g/mol. The number of unbranched alkanes of at least 4 members (excludes halogenated alkanes) is 20. The maximum atomic E-state index is 12.7. The number of aliphatic hydroxyl groups is 4. The van der Waals surface area contributed by atoms with Gasteiger partial charge in [-0.3, -0.25) is 14.4 Å². The molecule has 0 aromatic carbocycles. The SMILES string of the molecule is CCCCCCCCCCCCCCCCCCCCC(=O)OC[C@@H](O)COC(=O)CCCCC(=O)C[C@@H]1[C@@H](/C=C/[C@@H](O)CCCCC)[C@H](O)C[C@@H]1O. The van der Waals surface area contributed by atoms with Crippen LogP contribution in [0.3, 0.4) is 0 Å². The van der Waals surface area contributed by atoms with Crippen LogP contribution in [-0.4, -0.2) is 75.8 Å². The number of hydrogen-bond donors (Lipinski definition) is 4. The van der Waals surface area contributed by atoms with Gasteiger partial charge in [0.25, 0.3) is 0 Å². The molecule has 0 aromatic heterocycles. The van der Waals surface area contributed by atoms with Gasteiger partial charge >= 0.3 is 11.9 Å². The summed E-state index contributed by atoms with van der Waals surface area (Å²) >= 11 is 0. The average Bonchev–Trinajstić information content (AvgIpc) is 3.40. The number of Topliss-reactive ketones (excluding diaryl/α,β-unsaturated/α-hetero) is 1. The van der Waals surface area contributed by atoms with Gasteiger partial charge in [-0.1, -0.05) is 154 Å². The zero-order valence-corrected chi connectivity index (χ0v) is 33.9. The fraction of sp³-hybridized carbons (Fsp3) is 0.886. The van der Waals surface area contributed by atoms with E-state index in [1.165, 1.54) is 96.3 Å². The summed E-state index contributed by atoms with van der Waals surface area (Å²) in [6, 6.07) is 0. The average molecular weight is 753 g/mol. The summed E-state index contributed by atoms with van der Waals surface area (Å²) in [6.45, 7) is 3.90. The van der Waals surface area contributed by atoms with Crippen molar-refractivity contribution in [2.75, 3.05) is 13.2 Å². The Morgan fingerprint density at radius 3 is 1.49 bits per heavy atom. The van der Waals surface area contributed by atoms with E-state index in [-0.39, 0.29) is 56.6 Å². The van der Waals surface area contributed by atoms with Crippen molar-refractivity contribution in [3.63, 3.8) is 0 Å². The molecule has 310 valence electrons. The highest BCUT2D eigenvalue weighted by atomic mass is 16.6. The number of aliphatic hydroxyl groups excluding tert-OH is 4. The van der Waals surface area contributed by atoms with Crippen LogP contribution in [0.4, 0.5) is 0 Å². The largest absolute Gasteiger partial charge is 0.463 e. The molecule has 0 bridgehead atoms. The molecule has 1 rings (SSSR count). The summed E-state index contributed by atoms with van der Waals surface area (Å²) in [5, 5.41) is 41.1. The van der Waals surface area contributed by atoms with E-state index in [2.05, 4.69) is 13.8 Å². The Labute approximate surface area is 323 Å². The standard InChI is InChI=1S/C44H80O9/c1-3-5-7-8-9-10-11-12-13-14-15-16-17-18-19-20-21-23-28-43(50)52-34-38(47)35-53-44(51)29-25-24-27-37(46)32-40-39(41(48)33-42(40)49)31-30-36(45)26-22-6-4-2/h30-31,36,38-42,45,47-49H,3-29,32-35H2,1-2H3/b31-30+/t36-,38+,39+,40+,41+,42-/m0/s1. The Hall–Kier alpha value is -1.81. The lowest BCUT2D eigenvalue weighted by Crippen LogP contribution is -2.25. The van der Waals surface area contributed by atoms with Gasteiger partial charge in [-0.2, -0.15) is 0 Å².